The zero-order chi connectivity index (χ0) is 18.8. The molecule has 0 saturated carbocycles. The number of anilines is 1. The van der Waals surface area contributed by atoms with E-state index in [1.165, 1.54) is 11.3 Å². The van der Waals surface area contributed by atoms with Gasteiger partial charge in [0, 0.05) is 12.0 Å². The van der Waals surface area contributed by atoms with Crippen molar-refractivity contribution in [2.75, 3.05) is 18.5 Å². The highest BCUT2D eigenvalue weighted by Crippen LogP contribution is 2.29. The summed E-state index contributed by atoms with van der Waals surface area (Å²) in [5, 5.41) is 12.4. The number of aromatic nitrogens is 2. The molecule has 0 aliphatic rings. The highest BCUT2D eigenvalue weighted by atomic mass is 32.1. The molecule has 1 heterocycles. The van der Waals surface area contributed by atoms with Crippen LogP contribution in [0.2, 0.25) is 0 Å². The van der Waals surface area contributed by atoms with E-state index in [4.69, 9.17) is 9.47 Å². The van der Waals surface area contributed by atoms with Gasteiger partial charge in [-0.1, -0.05) is 38.5 Å². The lowest BCUT2D eigenvalue weighted by molar-refractivity contribution is 0.102. The molecule has 142 valence electrons. The molecule has 2 aromatic rings. The summed E-state index contributed by atoms with van der Waals surface area (Å²) in [4.78, 5) is 12.5. The van der Waals surface area contributed by atoms with E-state index in [0.29, 0.717) is 35.4 Å². The summed E-state index contributed by atoms with van der Waals surface area (Å²) < 4.78 is 11.4. The molecule has 0 spiro atoms. The molecule has 1 aromatic carbocycles. The first-order chi connectivity index (χ1) is 12.7. The number of hydrogen-bond acceptors (Lipinski definition) is 6. The Morgan fingerprint density at radius 2 is 1.77 bits per heavy atom. The number of carbonyl (C=O) groups is 1. The second-order valence-corrected chi connectivity index (χ2v) is 6.98. The van der Waals surface area contributed by atoms with Gasteiger partial charge in [-0.2, -0.15) is 0 Å². The van der Waals surface area contributed by atoms with Crippen molar-refractivity contribution >= 4 is 22.4 Å². The standard InChI is InChI=1S/C19H27N3O3S/c1-4-7-8-17-21-22-19(26-17)20-18(23)14-9-10-15(24-11-5-2)16(13-14)25-12-6-3/h9-10,13H,4-8,11-12H2,1-3H3,(H,20,22,23). The fourth-order valence-electron chi connectivity index (χ4n) is 2.21. The first kappa shape index (κ1) is 20.2. The van der Waals surface area contributed by atoms with E-state index in [1.807, 2.05) is 13.8 Å². The van der Waals surface area contributed by atoms with E-state index in [-0.39, 0.29) is 5.91 Å². The molecule has 26 heavy (non-hydrogen) atoms. The van der Waals surface area contributed by atoms with Gasteiger partial charge in [-0.3, -0.25) is 10.1 Å². The first-order valence-electron chi connectivity index (χ1n) is 9.21. The molecule has 1 N–H and O–H groups in total. The van der Waals surface area contributed by atoms with Gasteiger partial charge >= 0.3 is 0 Å². The summed E-state index contributed by atoms with van der Waals surface area (Å²) in [6, 6.07) is 5.23. The summed E-state index contributed by atoms with van der Waals surface area (Å²) in [5.41, 5.74) is 0.505. The highest BCUT2D eigenvalue weighted by molar-refractivity contribution is 7.15. The predicted molar refractivity (Wildman–Crippen MR) is 104 cm³/mol. The van der Waals surface area contributed by atoms with Gasteiger partial charge in [0.1, 0.15) is 5.01 Å². The third-order valence-corrected chi connectivity index (χ3v) is 4.46. The second-order valence-electron chi connectivity index (χ2n) is 5.92. The fraction of sp³-hybridized carbons (Fsp3) is 0.526. The molecular formula is C19H27N3O3S. The van der Waals surface area contributed by atoms with Gasteiger partial charge in [0.2, 0.25) is 5.13 Å². The van der Waals surface area contributed by atoms with Gasteiger partial charge in [-0.25, -0.2) is 0 Å². The van der Waals surface area contributed by atoms with Crippen LogP contribution in [0.3, 0.4) is 0 Å². The molecule has 0 bridgehead atoms. The molecule has 0 radical (unpaired) electrons. The summed E-state index contributed by atoms with van der Waals surface area (Å²) in [7, 11) is 0. The zero-order valence-electron chi connectivity index (χ0n) is 15.7. The van der Waals surface area contributed by atoms with Crippen LogP contribution in [0.4, 0.5) is 5.13 Å². The Labute approximate surface area is 158 Å². The van der Waals surface area contributed by atoms with Crippen LogP contribution >= 0.6 is 11.3 Å². The number of nitrogens with zero attached hydrogens (tertiary/aromatic N) is 2. The van der Waals surface area contributed by atoms with Crippen LogP contribution in [0.25, 0.3) is 0 Å². The third kappa shape index (κ3) is 5.98. The Kier molecular flexibility index (Phi) is 8.34. The maximum Gasteiger partial charge on any atom is 0.257 e. The molecule has 7 heteroatoms. The van der Waals surface area contributed by atoms with Gasteiger partial charge in [0.25, 0.3) is 5.91 Å². The predicted octanol–water partition coefficient (Wildman–Crippen LogP) is 4.71. The van der Waals surface area contributed by atoms with Crippen molar-refractivity contribution in [2.45, 2.75) is 52.9 Å². The van der Waals surface area contributed by atoms with Crippen molar-refractivity contribution < 1.29 is 14.3 Å². The van der Waals surface area contributed by atoms with E-state index in [2.05, 4.69) is 22.4 Å². The second kappa shape index (κ2) is 10.8. The summed E-state index contributed by atoms with van der Waals surface area (Å²) in [5.74, 6) is 1.02. The van der Waals surface area contributed by atoms with Crippen molar-refractivity contribution in [3.63, 3.8) is 0 Å². The number of nitrogens with one attached hydrogen (secondary N) is 1. The molecule has 1 amide bonds. The topological polar surface area (TPSA) is 73.3 Å². The molecule has 0 atom stereocenters. The maximum atomic E-state index is 12.5. The van der Waals surface area contributed by atoms with E-state index >= 15 is 0 Å². The monoisotopic (exact) mass is 377 g/mol. The Bertz CT molecular complexity index is 703. The summed E-state index contributed by atoms with van der Waals surface area (Å²) >= 11 is 1.42. The molecule has 0 unspecified atom stereocenters. The van der Waals surface area contributed by atoms with E-state index in [9.17, 15) is 4.79 Å². The number of aryl methyl sites for hydroxylation is 1. The van der Waals surface area contributed by atoms with Gasteiger partial charge < -0.3 is 9.47 Å². The number of carbonyl (C=O) groups excluding carboxylic acids is 1. The summed E-state index contributed by atoms with van der Waals surface area (Å²) in [6.45, 7) is 7.40. The number of unbranched alkanes of at least 4 members (excludes halogenated alkanes) is 1. The molecule has 0 aliphatic carbocycles. The number of hydrogen-bond donors (Lipinski definition) is 1. The van der Waals surface area contributed by atoms with Crippen molar-refractivity contribution in [3.8, 4) is 11.5 Å². The van der Waals surface area contributed by atoms with Crippen LogP contribution in [0.15, 0.2) is 18.2 Å². The van der Waals surface area contributed by atoms with E-state index < -0.39 is 0 Å². The fourth-order valence-corrected chi connectivity index (χ4v) is 2.98. The molecule has 0 aliphatic heterocycles. The molecular weight excluding hydrogens is 350 g/mol. The molecule has 2 rings (SSSR count). The summed E-state index contributed by atoms with van der Waals surface area (Å²) in [6.07, 6.45) is 4.86. The Morgan fingerprint density at radius 3 is 2.46 bits per heavy atom. The minimum absolute atomic E-state index is 0.230. The van der Waals surface area contributed by atoms with Crippen LogP contribution in [0, 0.1) is 0 Å². The largest absolute Gasteiger partial charge is 0.490 e. The van der Waals surface area contributed by atoms with Crippen LogP contribution in [0.1, 0.15) is 61.8 Å². The van der Waals surface area contributed by atoms with Gasteiger partial charge in [0.15, 0.2) is 11.5 Å². The Balaban J connectivity index is 2.08. The number of benzene rings is 1. The van der Waals surface area contributed by atoms with Crippen molar-refractivity contribution in [2.24, 2.45) is 0 Å². The lowest BCUT2D eigenvalue weighted by Crippen LogP contribution is -2.12. The quantitative estimate of drug-likeness (QED) is 0.614. The normalized spacial score (nSPS) is 10.6. The zero-order valence-corrected chi connectivity index (χ0v) is 16.5. The van der Waals surface area contributed by atoms with Crippen molar-refractivity contribution in [1.29, 1.82) is 0 Å². The smallest absolute Gasteiger partial charge is 0.257 e. The maximum absolute atomic E-state index is 12.5. The number of ether oxygens (including phenoxy) is 2. The van der Waals surface area contributed by atoms with Crippen molar-refractivity contribution in [3.05, 3.63) is 28.8 Å². The van der Waals surface area contributed by atoms with Gasteiger partial charge in [-0.15, -0.1) is 10.2 Å². The van der Waals surface area contributed by atoms with Crippen LogP contribution in [-0.4, -0.2) is 29.3 Å². The molecule has 6 nitrogen and oxygen atoms in total. The van der Waals surface area contributed by atoms with E-state index in [0.717, 1.165) is 37.1 Å². The third-order valence-electron chi connectivity index (χ3n) is 3.56. The number of rotatable bonds is 11. The van der Waals surface area contributed by atoms with Gasteiger partial charge in [0.05, 0.1) is 13.2 Å². The SMILES string of the molecule is CCCCc1nnc(NC(=O)c2ccc(OCCC)c(OCCC)c2)s1. The Morgan fingerprint density at radius 1 is 1.04 bits per heavy atom. The lowest BCUT2D eigenvalue weighted by atomic mass is 10.2. The van der Waals surface area contributed by atoms with E-state index in [1.54, 1.807) is 18.2 Å². The lowest BCUT2D eigenvalue weighted by Gasteiger charge is -2.13. The minimum atomic E-state index is -0.230. The van der Waals surface area contributed by atoms with Crippen LogP contribution in [-0.2, 0) is 6.42 Å². The highest BCUT2D eigenvalue weighted by Gasteiger charge is 2.14. The Hall–Kier alpha value is -2.15. The first-order valence-corrected chi connectivity index (χ1v) is 10.0. The van der Waals surface area contributed by atoms with Crippen LogP contribution < -0.4 is 14.8 Å². The van der Waals surface area contributed by atoms with Gasteiger partial charge in [-0.05, 0) is 37.5 Å². The number of amides is 1. The minimum Gasteiger partial charge on any atom is -0.490 e. The van der Waals surface area contributed by atoms with Crippen molar-refractivity contribution in [1.82, 2.24) is 10.2 Å². The molecule has 0 fully saturated rings. The average Bonchev–Trinajstić information content (AvgIpc) is 3.10. The molecule has 1 aromatic heterocycles. The average molecular weight is 378 g/mol. The molecule has 0 saturated heterocycles. The van der Waals surface area contributed by atoms with Crippen LogP contribution in [0.5, 0.6) is 11.5 Å².